The van der Waals surface area contributed by atoms with Crippen LogP contribution in [0.3, 0.4) is 0 Å². The molecule has 3 aromatic rings. The SMILES string of the molecule is Cc1nn(-c2ccc(F)cc2)c2sc(C(=O)NC[C@@H](C)O)cc12. The number of fused-ring (bicyclic) bond motifs is 1. The Labute approximate surface area is 136 Å². The summed E-state index contributed by atoms with van der Waals surface area (Å²) in [5, 5.41) is 17.3. The smallest absolute Gasteiger partial charge is 0.261 e. The molecular weight excluding hydrogens is 317 g/mol. The molecule has 0 aliphatic carbocycles. The number of rotatable bonds is 4. The van der Waals surface area contributed by atoms with E-state index < -0.39 is 6.10 Å². The van der Waals surface area contributed by atoms with E-state index in [1.54, 1.807) is 29.8 Å². The highest BCUT2D eigenvalue weighted by Gasteiger charge is 2.17. The van der Waals surface area contributed by atoms with Gasteiger partial charge in [-0.1, -0.05) is 0 Å². The van der Waals surface area contributed by atoms with Crippen molar-refractivity contribution in [3.05, 3.63) is 46.7 Å². The lowest BCUT2D eigenvalue weighted by Gasteiger charge is -2.05. The van der Waals surface area contributed by atoms with E-state index in [-0.39, 0.29) is 18.3 Å². The highest BCUT2D eigenvalue weighted by Crippen LogP contribution is 2.30. The fraction of sp³-hybridized carbons (Fsp3) is 0.250. The van der Waals surface area contributed by atoms with Gasteiger partial charge in [0.2, 0.25) is 0 Å². The van der Waals surface area contributed by atoms with Crippen LogP contribution in [-0.2, 0) is 0 Å². The zero-order chi connectivity index (χ0) is 16.6. The van der Waals surface area contributed by atoms with Crippen LogP contribution in [0, 0.1) is 12.7 Å². The molecule has 23 heavy (non-hydrogen) atoms. The van der Waals surface area contributed by atoms with Crippen molar-refractivity contribution >= 4 is 27.5 Å². The number of benzene rings is 1. The molecule has 3 rings (SSSR count). The lowest BCUT2D eigenvalue weighted by molar-refractivity contribution is 0.0928. The Morgan fingerprint density at radius 1 is 1.43 bits per heavy atom. The van der Waals surface area contributed by atoms with Crippen molar-refractivity contribution in [2.24, 2.45) is 0 Å². The summed E-state index contributed by atoms with van der Waals surface area (Å²) in [6.45, 7) is 3.68. The monoisotopic (exact) mass is 333 g/mol. The lowest BCUT2D eigenvalue weighted by Crippen LogP contribution is -2.29. The molecule has 0 aliphatic rings. The van der Waals surface area contributed by atoms with Gasteiger partial charge in [-0.15, -0.1) is 11.3 Å². The van der Waals surface area contributed by atoms with E-state index in [4.69, 9.17) is 0 Å². The second kappa shape index (κ2) is 6.10. The van der Waals surface area contributed by atoms with Crippen molar-refractivity contribution in [3.8, 4) is 5.69 Å². The maximum absolute atomic E-state index is 13.1. The van der Waals surface area contributed by atoms with E-state index in [0.717, 1.165) is 21.6 Å². The van der Waals surface area contributed by atoms with Crippen LogP contribution in [0.2, 0.25) is 0 Å². The second-order valence-corrected chi connectivity index (χ2v) is 6.39. The quantitative estimate of drug-likeness (QED) is 0.771. The first kappa shape index (κ1) is 15.6. The second-order valence-electron chi connectivity index (χ2n) is 5.36. The van der Waals surface area contributed by atoms with Crippen LogP contribution in [0.1, 0.15) is 22.3 Å². The van der Waals surface area contributed by atoms with Crippen LogP contribution in [0.5, 0.6) is 0 Å². The minimum atomic E-state index is -0.593. The van der Waals surface area contributed by atoms with Crippen LogP contribution in [0.4, 0.5) is 4.39 Å². The van der Waals surface area contributed by atoms with Crippen molar-refractivity contribution in [1.82, 2.24) is 15.1 Å². The Kier molecular flexibility index (Phi) is 4.14. The first-order valence-electron chi connectivity index (χ1n) is 7.17. The molecule has 2 N–H and O–H groups in total. The summed E-state index contributed by atoms with van der Waals surface area (Å²) in [6.07, 6.45) is -0.593. The van der Waals surface area contributed by atoms with Crippen molar-refractivity contribution < 1.29 is 14.3 Å². The number of carbonyl (C=O) groups excluding carboxylic acids is 1. The Morgan fingerprint density at radius 2 is 2.13 bits per heavy atom. The van der Waals surface area contributed by atoms with E-state index in [2.05, 4.69) is 10.4 Å². The molecule has 2 heterocycles. The summed E-state index contributed by atoms with van der Waals surface area (Å²) in [5.74, 6) is -0.532. The number of nitrogens with zero attached hydrogens (tertiary/aromatic N) is 2. The van der Waals surface area contributed by atoms with Gasteiger partial charge in [0.25, 0.3) is 5.91 Å². The molecule has 0 aliphatic heterocycles. The van der Waals surface area contributed by atoms with Gasteiger partial charge in [-0.2, -0.15) is 5.10 Å². The summed E-state index contributed by atoms with van der Waals surface area (Å²) in [7, 11) is 0. The molecule has 1 amide bonds. The van der Waals surface area contributed by atoms with E-state index >= 15 is 0 Å². The van der Waals surface area contributed by atoms with Gasteiger partial charge < -0.3 is 10.4 Å². The number of carbonyl (C=O) groups is 1. The zero-order valence-electron chi connectivity index (χ0n) is 12.7. The van der Waals surface area contributed by atoms with Crippen molar-refractivity contribution in [3.63, 3.8) is 0 Å². The third-order valence-electron chi connectivity index (χ3n) is 3.40. The molecule has 1 aromatic carbocycles. The van der Waals surface area contributed by atoms with Crippen LogP contribution in [-0.4, -0.2) is 33.4 Å². The van der Waals surface area contributed by atoms with Gasteiger partial charge in [-0.3, -0.25) is 4.79 Å². The van der Waals surface area contributed by atoms with Crippen LogP contribution < -0.4 is 5.32 Å². The van der Waals surface area contributed by atoms with Gasteiger partial charge in [0.1, 0.15) is 10.6 Å². The minimum Gasteiger partial charge on any atom is -0.392 e. The van der Waals surface area contributed by atoms with Gasteiger partial charge in [0, 0.05) is 11.9 Å². The lowest BCUT2D eigenvalue weighted by atomic mass is 10.3. The molecule has 0 saturated carbocycles. The molecule has 7 heteroatoms. The first-order chi connectivity index (χ1) is 11.0. The molecular formula is C16H16FN3O2S. The molecule has 0 fully saturated rings. The Bertz CT molecular complexity index is 852. The average molecular weight is 333 g/mol. The van der Waals surface area contributed by atoms with Gasteiger partial charge >= 0.3 is 0 Å². The van der Waals surface area contributed by atoms with E-state index in [0.29, 0.717) is 4.88 Å². The minimum absolute atomic E-state index is 0.205. The molecule has 0 radical (unpaired) electrons. The molecule has 0 unspecified atom stereocenters. The largest absolute Gasteiger partial charge is 0.392 e. The average Bonchev–Trinajstić information content (AvgIpc) is 3.07. The van der Waals surface area contributed by atoms with E-state index in [1.807, 2.05) is 6.92 Å². The predicted octanol–water partition coefficient (Wildman–Crippen LogP) is 2.65. The molecule has 1 atom stereocenters. The van der Waals surface area contributed by atoms with Crippen LogP contribution >= 0.6 is 11.3 Å². The van der Waals surface area contributed by atoms with Gasteiger partial charge in [-0.25, -0.2) is 9.07 Å². The number of aliphatic hydroxyl groups excluding tert-OH is 1. The van der Waals surface area contributed by atoms with Crippen molar-refractivity contribution in [2.75, 3.05) is 6.54 Å². The molecule has 2 aromatic heterocycles. The topological polar surface area (TPSA) is 67.2 Å². The Morgan fingerprint density at radius 3 is 2.78 bits per heavy atom. The Balaban J connectivity index is 1.98. The maximum Gasteiger partial charge on any atom is 0.261 e. The molecule has 5 nitrogen and oxygen atoms in total. The van der Waals surface area contributed by atoms with E-state index in [1.165, 1.54) is 23.5 Å². The fourth-order valence-corrected chi connectivity index (χ4v) is 3.34. The van der Waals surface area contributed by atoms with Gasteiger partial charge in [0.15, 0.2) is 0 Å². The number of nitrogens with one attached hydrogen (secondary N) is 1. The molecule has 0 spiro atoms. The van der Waals surface area contributed by atoms with Crippen molar-refractivity contribution in [1.29, 1.82) is 0 Å². The zero-order valence-corrected chi connectivity index (χ0v) is 13.5. The number of aromatic nitrogens is 2. The summed E-state index contributed by atoms with van der Waals surface area (Å²) >= 11 is 1.32. The molecule has 0 bridgehead atoms. The standard InChI is InChI=1S/C16H16FN3O2S/c1-9(21)8-18-15(22)14-7-13-10(2)19-20(16(13)23-14)12-5-3-11(17)4-6-12/h3-7,9,21H,8H2,1-2H3,(H,18,22)/t9-/m1/s1. The van der Waals surface area contributed by atoms with Gasteiger partial charge in [0.05, 0.1) is 22.4 Å². The summed E-state index contributed by atoms with van der Waals surface area (Å²) < 4.78 is 14.8. The number of thiophene rings is 1. The fourth-order valence-electron chi connectivity index (χ4n) is 2.24. The van der Waals surface area contributed by atoms with E-state index in [9.17, 15) is 14.3 Å². The number of aliphatic hydroxyl groups is 1. The number of amides is 1. The van der Waals surface area contributed by atoms with Crippen LogP contribution in [0.15, 0.2) is 30.3 Å². The Hall–Kier alpha value is -2.25. The molecule has 0 saturated heterocycles. The highest BCUT2D eigenvalue weighted by atomic mass is 32.1. The van der Waals surface area contributed by atoms with Gasteiger partial charge in [-0.05, 0) is 44.2 Å². The third kappa shape index (κ3) is 3.11. The third-order valence-corrected chi connectivity index (χ3v) is 4.51. The molecule has 120 valence electrons. The van der Waals surface area contributed by atoms with Crippen LogP contribution in [0.25, 0.3) is 15.9 Å². The van der Waals surface area contributed by atoms with Crippen molar-refractivity contribution in [2.45, 2.75) is 20.0 Å². The summed E-state index contributed by atoms with van der Waals surface area (Å²) in [5.41, 5.74) is 1.54. The number of aryl methyl sites for hydroxylation is 1. The number of hydrogen-bond donors (Lipinski definition) is 2. The summed E-state index contributed by atoms with van der Waals surface area (Å²) in [4.78, 5) is 13.5. The number of halogens is 1. The maximum atomic E-state index is 13.1. The normalized spacial score (nSPS) is 12.5. The first-order valence-corrected chi connectivity index (χ1v) is 7.98. The predicted molar refractivity (Wildman–Crippen MR) is 87.7 cm³/mol. The number of hydrogen-bond acceptors (Lipinski definition) is 4. The highest BCUT2D eigenvalue weighted by molar-refractivity contribution is 7.20. The summed E-state index contributed by atoms with van der Waals surface area (Å²) in [6, 6.07) is 7.84.